The van der Waals surface area contributed by atoms with Gasteiger partial charge in [-0.15, -0.1) is 0 Å². The first kappa shape index (κ1) is 43.3. The van der Waals surface area contributed by atoms with Crippen LogP contribution >= 0.6 is 0 Å². The average Bonchev–Trinajstić information content (AvgIpc) is 3.06. The fraction of sp³-hybridized carbons (Fsp3) is 0.659. The van der Waals surface area contributed by atoms with Crippen molar-refractivity contribution >= 4 is 11.9 Å². The smallest absolute Gasteiger partial charge is 0.306 e. The zero-order valence-corrected chi connectivity index (χ0v) is 29.6. The number of unbranched alkanes of at least 4 members (excludes halogenated alkanes) is 12. The molecule has 0 saturated heterocycles. The summed E-state index contributed by atoms with van der Waals surface area (Å²) in [5.74, 6) is -0.642. The highest BCUT2D eigenvalue weighted by molar-refractivity contribution is 5.70. The largest absolute Gasteiger partial charge is 0.462 e. The molecule has 0 aliphatic heterocycles. The normalized spacial score (nSPS) is 13.0. The second-order valence-electron chi connectivity index (χ2n) is 11.9. The standard InChI is InChI=1S/C41H68O5/c1-3-5-7-9-11-13-15-17-19-20-22-23-25-27-29-31-33-35-40(43)45-38-39(37-42)46-41(44)36-34-32-30-28-26-24-21-18-16-14-12-10-8-6-4-2/h5,7,11-14,17-19,21-23,39,42H,3-4,6,8-10,15-16,20,24-38H2,1-2H3/t39-/m0/s1. The van der Waals surface area contributed by atoms with Crippen molar-refractivity contribution in [2.24, 2.45) is 0 Å². The van der Waals surface area contributed by atoms with E-state index in [-0.39, 0.29) is 25.2 Å². The van der Waals surface area contributed by atoms with Crippen molar-refractivity contribution in [2.75, 3.05) is 13.2 Å². The highest BCUT2D eigenvalue weighted by Gasteiger charge is 2.16. The Kier molecular flexibility index (Phi) is 34.7. The Balaban J connectivity index is 3.67. The summed E-state index contributed by atoms with van der Waals surface area (Å²) in [7, 11) is 0. The molecule has 0 unspecified atom stereocenters. The molecule has 0 aromatic heterocycles. The lowest BCUT2D eigenvalue weighted by Gasteiger charge is -2.15. The summed E-state index contributed by atoms with van der Waals surface area (Å²) in [6.07, 6.45) is 48.1. The van der Waals surface area contributed by atoms with Crippen LogP contribution in [0.2, 0.25) is 0 Å². The summed E-state index contributed by atoms with van der Waals surface area (Å²) in [5.41, 5.74) is 0. The van der Waals surface area contributed by atoms with Gasteiger partial charge >= 0.3 is 11.9 Å². The number of aliphatic hydroxyl groups is 1. The van der Waals surface area contributed by atoms with E-state index >= 15 is 0 Å². The van der Waals surface area contributed by atoms with E-state index in [9.17, 15) is 14.7 Å². The Morgan fingerprint density at radius 3 is 1.41 bits per heavy atom. The van der Waals surface area contributed by atoms with Crippen LogP contribution in [0.1, 0.15) is 155 Å². The van der Waals surface area contributed by atoms with Gasteiger partial charge in [-0.1, -0.05) is 132 Å². The molecule has 0 amide bonds. The number of esters is 2. The molecule has 0 heterocycles. The van der Waals surface area contributed by atoms with E-state index in [0.29, 0.717) is 12.8 Å². The van der Waals surface area contributed by atoms with Gasteiger partial charge in [-0.2, -0.15) is 0 Å². The summed E-state index contributed by atoms with van der Waals surface area (Å²) >= 11 is 0. The number of hydrogen-bond acceptors (Lipinski definition) is 5. The number of ether oxygens (including phenoxy) is 2. The van der Waals surface area contributed by atoms with Gasteiger partial charge in [-0.25, -0.2) is 0 Å². The van der Waals surface area contributed by atoms with Gasteiger partial charge in [0.15, 0.2) is 6.10 Å². The van der Waals surface area contributed by atoms with Crippen LogP contribution in [0.5, 0.6) is 0 Å². The molecule has 0 aliphatic carbocycles. The highest BCUT2D eigenvalue weighted by Crippen LogP contribution is 2.11. The summed E-state index contributed by atoms with van der Waals surface area (Å²) in [6.45, 7) is 3.94. The Labute approximate surface area is 283 Å². The Hall–Kier alpha value is -2.66. The number of allylic oxidation sites excluding steroid dienone is 12. The quantitative estimate of drug-likeness (QED) is 0.0450. The van der Waals surface area contributed by atoms with Crippen molar-refractivity contribution in [2.45, 2.75) is 161 Å². The molecule has 1 N–H and O–H groups in total. The summed E-state index contributed by atoms with van der Waals surface area (Å²) in [6, 6.07) is 0. The maximum atomic E-state index is 12.1. The highest BCUT2D eigenvalue weighted by atomic mass is 16.6. The van der Waals surface area contributed by atoms with Crippen molar-refractivity contribution in [3.8, 4) is 0 Å². The van der Waals surface area contributed by atoms with Gasteiger partial charge in [-0.3, -0.25) is 9.59 Å². The van der Waals surface area contributed by atoms with Gasteiger partial charge in [0.05, 0.1) is 6.61 Å². The molecule has 0 bridgehead atoms. The van der Waals surface area contributed by atoms with E-state index in [0.717, 1.165) is 96.3 Å². The zero-order chi connectivity index (χ0) is 33.6. The molecule has 46 heavy (non-hydrogen) atoms. The second-order valence-corrected chi connectivity index (χ2v) is 11.9. The molecule has 0 aromatic carbocycles. The van der Waals surface area contributed by atoms with Gasteiger partial charge in [0.25, 0.3) is 0 Å². The van der Waals surface area contributed by atoms with Crippen molar-refractivity contribution in [3.05, 3.63) is 72.9 Å². The van der Waals surface area contributed by atoms with Crippen LogP contribution < -0.4 is 0 Å². The molecular weight excluding hydrogens is 572 g/mol. The van der Waals surface area contributed by atoms with E-state index in [4.69, 9.17) is 9.47 Å². The zero-order valence-electron chi connectivity index (χ0n) is 29.6. The van der Waals surface area contributed by atoms with Crippen LogP contribution in [0.25, 0.3) is 0 Å². The molecule has 0 radical (unpaired) electrons. The number of hydrogen-bond donors (Lipinski definition) is 1. The van der Waals surface area contributed by atoms with Gasteiger partial charge < -0.3 is 14.6 Å². The van der Waals surface area contributed by atoms with Crippen LogP contribution in [0.15, 0.2) is 72.9 Å². The molecule has 0 aromatic rings. The third kappa shape index (κ3) is 34.2. The summed E-state index contributed by atoms with van der Waals surface area (Å²) < 4.78 is 10.6. The minimum absolute atomic E-state index is 0.0882. The molecule has 262 valence electrons. The van der Waals surface area contributed by atoms with Crippen molar-refractivity contribution in [3.63, 3.8) is 0 Å². The lowest BCUT2D eigenvalue weighted by atomic mass is 10.1. The van der Waals surface area contributed by atoms with Gasteiger partial charge in [0.2, 0.25) is 0 Å². The number of aliphatic hydroxyl groups excluding tert-OH is 1. The summed E-state index contributed by atoms with van der Waals surface area (Å²) in [5, 5.41) is 9.53. The first-order valence-corrected chi connectivity index (χ1v) is 18.5. The van der Waals surface area contributed by atoms with E-state index in [2.05, 4.69) is 86.8 Å². The molecule has 0 fully saturated rings. The molecule has 0 aliphatic rings. The fourth-order valence-corrected chi connectivity index (χ4v) is 4.69. The minimum atomic E-state index is -0.791. The maximum Gasteiger partial charge on any atom is 0.306 e. The van der Waals surface area contributed by atoms with Crippen LogP contribution in [0.3, 0.4) is 0 Å². The third-order valence-corrected chi connectivity index (χ3v) is 7.48. The average molecular weight is 641 g/mol. The molecule has 1 atom stereocenters. The monoisotopic (exact) mass is 641 g/mol. The second kappa shape index (κ2) is 36.8. The fourth-order valence-electron chi connectivity index (χ4n) is 4.69. The topological polar surface area (TPSA) is 72.8 Å². The lowest BCUT2D eigenvalue weighted by molar-refractivity contribution is -0.161. The number of carbonyl (C=O) groups is 2. The molecule has 0 saturated carbocycles. The van der Waals surface area contributed by atoms with E-state index in [1.165, 1.54) is 32.1 Å². The van der Waals surface area contributed by atoms with E-state index < -0.39 is 6.10 Å². The van der Waals surface area contributed by atoms with Crippen molar-refractivity contribution < 1.29 is 24.2 Å². The van der Waals surface area contributed by atoms with Crippen LogP contribution in [0.4, 0.5) is 0 Å². The van der Waals surface area contributed by atoms with Crippen LogP contribution in [0, 0.1) is 0 Å². The van der Waals surface area contributed by atoms with Crippen molar-refractivity contribution in [1.29, 1.82) is 0 Å². The van der Waals surface area contributed by atoms with Crippen molar-refractivity contribution in [1.82, 2.24) is 0 Å². The van der Waals surface area contributed by atoms with E-state index in [1.807, 2.05) is 0 Å². The van der Waals surface area contributed by atoms with Crippen LogP contribution in [-0.4, -0.2) is 36.4 Å². The number of carbonyl (C=O) groups excluding carboxylic acids is 2. The summed E-state index contributed by atoms with van der Waals surface area (Å²) in [4.78, 5) is 24.2. The van der Waals surface area contributed by atoms with Crippen LogP contribution in [-0.2, 0) is 19.1 Å². The molecule has 0 spiro atoms. The SMILES string of the molecule is CCC=CCC=CCC=CCC=CCCCCCCC(=O)OC[C@H](CO)OC(=O)CCCCCCCC=CCC=CCCCCC. The third-order valence-electron chi connectivity index (χ3n) is 7.48. The molecular formula is C41H68O5. The Morgan fingerprint density at radius 1 is 0.522 bits per heavy atom. The Morgan fingerprint density at radius 2 is 0.935 bits per heavy atom. The van der Waals surface area contributed by atoms with Gasteiger partial charge in [0, 0.05) is 12.8 Å². The minimum Gasteiger partial charge on any atom is -0.462 e. The molecule has 5 heteroatoms. The molecule has 0 rings (SSSR count). The lowest BCUT2D eigenvalue weighted by Crippen LogP contribution is -2.28. The number of rotatable bonds is 32. The molecule has 5 nitrogen and oxygen atoms in total. The van der Waals surface area contributed by atoms with E-state index in [1.54, 1.807) is 0 Å². The maximum absolute atomic E-state index is 12.1. The predicted octanol–water partition coefficient (Wildman–Crippen LogP) is 11.4. The van der Waals surface area contributed by atoms with Gasteiger partial charge in [0.1, 0.15) is 6.61 Å². The van der Waals surface area contributed by atoms with Gasteiger partial charge in [-0.05, 0) is 83.5 Å². The Bertz CT molecular complexity index is 864. The first-order chi connectivity index (χ1) is 22.6. The predicted molar refractivity (Wildman–Crippen MR) is 196 cm³/mol. The first-order valence-electron chi connectivity index (χ1n) is 18.5.